The molecule has 3 aromatic rings. The Morgan fingerprint density at radius 2 is 1.96 bits per heavy atom. The fourth-order valence-electron chi connectivity index (χ4n) is 2.15. The number of rotatable bonds is 5. The quantitative estimate of drug-likeness (QED) is 0.768. The zero-order valence-electron chi connectivity index (χ0n) is 12.7. The van der Waals surface area contributed by atoms with Crippen LogP contribution in [0.3, 0.4) is 0 Å². The second-order valence-electron chi connectivity index (χ2n) is 5.02. The van der Waals surface area contributed by atoms with Gasteiger partial charge in [-0.1, -0.05) is 18.2 Å². The van der Waals surface area contributed by atoms with Crippen molar-refractivity contribution < 1.29 is 8.42 Å². The highest BCUT2D eigenvalue weighted by molar-refractivity contribution is 7.89. The van der Waals surface area contributed by atoms with E-state index in [0.717, 1.165) is 21.3 Å². The maximum absolute atomic E-state index is 12.4. The Hall–Kier alpha value is -2.03. The van der Waals surface area contributed by atoms with Crippen LogP contribution >= 0.6 is 11.3 Å². The van der Waals surface area contributed by atoms with Crippen LogP contribution in [0.5, 0.6) is 0 Å². The lowest BCUT2D eigenvalue weighted by atomic mass is 10.3. The Labute approximate surface area is 138 Å². The van der Waals surface area contributed by atoms with Crippen LogP contribution in [0.1, 0.15) is 15.6 Å². The van der Waals surface area contributed by atoms with Crippen LogP contribution in [0.15, 0.2) is 47.6 Å². The summed E-state index contributed by atoms with van der Waals surface area (Å²) in [7, 11) is -3.61. The molecule has 0 amide bonds. The second-order valence-corrected chi connectivity index (χ2v) is 8.08. The molecule has 0 bridgehead atoms. The molecule has 8 heteroatoms. The van der Waals surface area contributed by atoms with Crippen molar-refractivity contribution in [3.05, 3.63) is 58.3 Å². The summed E-state index contributed by atoms with van der Waals surface area (Å²) in [4.78, 5) is 5.35. The van der Waals surface area contributed by atoms with Crippen molar-refractivity contribution in [2.75, 3.05) is 0 Å². The van der Waals surface area contributed by atoms with Gasteiger partial charge in [0.2, 0.25) is 10.0 Å². The van der Waals surface area contributed by atoms with Crippen molar-refractivity contribution in [2.24, 2.45) is 0 Å². The minimum Gasteiger partial charge on any atom is -0.247 e. The van der Waals surface area contributed by atoms with E-state index in [1.54, 1.807) is 0 Å². The van der Waals surface area contributed by atoms with Crippen molar-refractivity contribution in [3.8, 4) is 5.69 Å². The van der Waals surface area contributed by atoms with Gasteiger partial charge in [-0.15, -0.1) is 11.3 Å². The standard InChI is InChI=1S/C15H16N4O2S2/c1-11-15(22-12(2)18-11)9-17-23(20,21)14-8-16-19(10-14)13-6-4-3-5-7-13/h3-8,10,17H,9H2,1-2H3. The molecule has 2 heterocycles. The second kappa shape index (κ2) is 6.23. The third-order valence-electron chi connectivity index (χ3n) is 3.31. The monoisotopic (exact) mass is 348 g/mol. The lowest BCUT2D eigenvalue weighted by Gasteiger charge is -2.03. The Kier molecular flexibility index (Phi) is 4.29. The SMILES string of the molecule is Cc1nc(C)c(CNS(=O)(=O)c2cnn(-c3ccccc3)c2)s1. The molecule has 0 aliphatic rings. The van der Waals surface area contributed by atoms with Gasteiger partial charge in [0, 0.05) is 11.4 Å². The third kappa shape index (κ3) is 3.49. The number of sulfonamides is 1. The summed E-state index contributed by atoms with van der Waals surface area (Å²) in [5.74, 6) is 0. The zero-order chi connectivity index (χ0) is 16.4. The maximum Gasteiger partial charge on any atom is 0.244 e. The van der Waals surface area contributed by atoms with E-state index >= 15 is 0 Å². The van der Waals surface area contributed by atoms with Crippen molar-refractivity contribution in [3.63, 3.8) is 0 Å². The third-order valence-corrected chi connectivity index (χ3v) is 5.74. The predicted octanol–water partition coefficient (Wildman–Crippen LogP) is 2.42. The fourth-order valence-corrected chi connectivity index (χ4v) is 4.04. The molecule has 3 rings (SSSR count). The van der Waals surface area contributed by atoms with Gasteiger partial charge < -0.3 is 0 Å². The van der Waals surface area contributed by atoms with E-state index in [1.165, 1.54) is 28.4 Å². The van der Waals surface area contributed by atoms with Gasteiger partial charge in [0.15, 0.2) is 0 Å². The Morgan fingerprint density at radius 1 is 1.22 bits per heavy atom. The van der Waals surface area contributed by atoms with Crippen molar-refractivity contribution in [1.29, 1.82) is 0 Å². The molecule has 6 nitrogen and oxygen atoms in total. The predicted molar refractivity (Wildman–Crippen MR) is 89.2 cm³/mol. The first-order valence-electron chi connectivity index (χ1n) is 6.98. The van der Waals surface area contributed by atoms with E-state index in [4.69, 9.17) is 0 Å². The number of nitrogens with one attached hydrogen (secondary N) is 1. The minimum atomic E-state index is -3.61. The van der Waals surface area contributed by atoms with Gasteiger partial charge in [-0.3, -0.25) is 0 Å². The van der Waals surface area contributed by atoms with Crippen LogP contribution in [0.25, 0.3) is 5.69 Å². The number of thiazole rings is 1. The number of para-hydroxylation sites is 1. The van der Waals surface area contributed by atoms with Crippen molar-refractivity contribution in [1.82, 2.24) is 19.5 Å². The topological polar surface area (TPSA) is 76.9 Å². The van der Waals surface area contributed by atoms with Gasteiger partial charge in [0.25, 0.3) is 0 Å². The molecule has 0 saturated carbocycles. The number of aryl methyl sites for hydroxylation is 2. The summed E-state index contributed by atoms with van der Waals surface area (Å²) in [5, 5.41) is 5.04. The van der Waals surface area contributed by atoms with Gasteiger partial charge in [0.05, 0.1) is 28.8 Å². The number of benzene rings is 1. The average molecular weight is 348 g/mol. The summed E-state index contributed by atoms with van der Waals surface area (Å²) in [6.07, 6.45) is 2.85. The summed E-state index contributed by atoms with van der Waals surface area (Å²) in [6.45, 7) is 4.01. The Bertz CT molecular complexity index is 914. The summed E-state index contributed by atoms with van der Waals surface area (Å²) in [6, 6.07) is 9.36. The van der Waals surface area contributed by atoms with Crippen LogP contribution in [0.2, 0.25) is 0 Å². The first kappa shape index (κ1) is 15.9. The van der Waals surface area contributed by atoms with Crippen LogP contribution in [0, 0.1) is 13.8 Å². The van der Waals surface area contributed by atoms with Crippen LogP contribution in [0.4, 0.5) is 0 Å². The smallest absolute Gasteiger partial charge is 0.244 e. The molecule has 0 saturated heterocycles. The van der Waals surface area contributed by atoms with Crippen molar-refractivity contribution >= 4 is 21.4 Å². The Morgan fingerprint density at radius 3 is 2.61 bits per heavy atom. The average Bonchev–Trinajstić information content (AvgIpc) is 3.13. The molecule has 23 heavy (non-hydrogen) atoms. The molecular formula is C15H16N4O2S2. The summed E-state index contributed by atoms with van der Waals surface area (Å²) in [5.41, 5.74) is 1.66. The Balaban J connectivity index is 1.78. The fraction of sp³-hybridized carbons (Fsp3) is 0.200. The van der Waals surface area contributed by atoms with E-state index in [-0.39, 0.29) is 11.4 Å². The van der Waals surface area contributed by atoms with E-state index in [0.29, 0.717) is 0 Å². The highest BCUT2D eigenvalue weighted by Gasteiger charge is 2.18. The molecule has 0 atom stereocenters. The van der Waals surface area contributed by atoms with E-state index in [2.05, 4.69) is 14.8 Å². The van der Waals surface area contributed by atoms with E-state index in [9.17, 15) is 8.42 Å². The molecule has 1 N–H and O–H groups in total. The lowest BCUT2D eigenvalue weighted by Crippen LogP contribution is -2.22. The molecule has 0 spiro atoms. The first-order chi connectivity index (χ1) is 11.0. The molecule has 0 aliphatic heterocycles. The molecule has 120 valence electrons. The van der Waals surface area contributed by atoms with Crippen LogP contribution in [-0.2, 0) is 16.6 Å². The number of hydrogen-bond donors (Lipinski definition) is 1. The van der Waals surface area contributed by atoms with E-state index in [1.807, 2.05) is 44.2 Å². The normalized spacial score (nSPS) is 11.7. The number of nitrogens with zero attached hydrogens (tertiary/aromatic N) is 3. The van der Waals surface area contributed by atoms with Crippen molar-refractivity contribution in [2.45, 2.75) is 25.3 Å². The molecule has 2 aromatic heterocycles. The maximum atomic E-state index is 12.4. The van der Waals surface area contributed by atoms with Crippen LogP contribution in [-0.4, -0.2) is 23.2 Å². The molecule has 0 radical (unpaired) electrons. The first-order valence-corrected chi connectivity index (χ1v) is 9.28. The number of aromatic nitrogens is 3. The highest BCUT2D eigenvalue weighted by atomic mass is 32.2. The molecule has 0 fully saturated rings. The van der Waals surface area contributed by atoms with Gasteiger partial charge in [-0.2, -0.15) is 5.10 Å². The van der Waals surface area contributed by atoms with E-state index < -0.39 is 10.0 Å². The summed E-state index contributed by atoms with van der Waals surface area (Å²) < 4.78 is 28.9. The highest BCUT2D eigenvalue weighted by Crippen LogP contribution is 2.18. The minimum absolute atomic E-state index is 0.139. The van der Waals surface area contributed by atoms with Gasteiger partial charge in [-0.05, 0) is 26.0 Å². The van der Waals surface area contributed by atoms with Gasteiger partial charge in [-0.25, -0.2) is 22.8 Å². The van der Waals surface area contributed by atoms with Gasteiger partial charge in [0.1, 0.15) is 4.90 Å². The molecule has 0 unspecified atom stereocenters. The molecule has 1 aromatic carbocycles. The number of hydrogen-bond acceptors (Lipinski definition) is 5. The van der Waals surface area contributed by atoms with Crippen LogP contribution < -0.4 is 4.72 Å². The van der Waals surface area contributed by atoms with Gasteiger partial charge >= 0.3 is 0 Å². The largest absolute Gasteiger partial charge is 0.247 e. The molecular weight excluding hydrogens is 332 g/mol. The summed E-state index contributed by atoms with van der Waals surface area (Å²) >= 11 is 1.49. The zero-order valence-corrected chi connectivity index (χ0v) is 14.4. The molecule has 0 aliphatic carbocycles. The lowest BCUT2D eigenvalue weighted by molar-refractivity contribution is 0.581.